The summed E-state index contributed by atoms with van der Waals surface area (Å²) in [6.45, 7) is 7.07. The van der Waals surface area contributed by atoms with Crippen molar-refractivity contribution in [3.05, 3.63) is 53.6 Å². The van der Waals surface area contributed by atoms with Crippen molar-refractivity contribution in [1.82, 2.24) is 0 Å². The van der Waals surface area contributed by atoms with E-state index in [1.807, 2.05) is 32.0 Å². The van der Waals surface area contributed by atoms with Gasteiger partial charge in [0.25, 0.3) is 5.91 Å². The smallest absolute Gasteiger partial charge is 0.265 e. The van der Waals surface area contributed by atoms with Gasteiger partial charge in [-0.2, -0.15) is 0 Å². The number of carbonyl (C=O) groups excluding carboxylic acids is 2. The highest BCUT2D eigenvalue weighted by Crippen LogP contribution is 2.19. The minimum Gasteiger partial charge on any atom is -0.481 e. The molecule has 0 heterocycles. The van der Waals surface area contributed by atoms with Crippen molar-refractivity contribution in [2.24, 2.45) is 0 Å². The lowest BCUT2D eigenvalue weighted by atomic mass is 10.1. The number of nitrogens with one attached hydrogen (secondary N) is 2. The van der Waals surface area contributed by atoms with Crippen molar-refractivity contribution in [3.8, 4) is 5.75 Å². The van der Waals surface area contributed by atoms with Crippen LogP contribution in [0, 0.1) is 13.8 Å². The van der Waals surface area contributed by atoms with E-state index in [9.17, 15) is 9.59 Å². The Hall–Kier alpha value is -2.82. The summed E-state index contributed by atoms with van der Waals surface area (Å²) in [5.41, 5.74) is 3.55. The third-order valence-corrected chi connectivity index (χ3v) is 3.51. The lowest BCUT2D eigenvalue weighted by Gasteiger charge is -2.16. The van der Waals surface area contributed by atoms with Crippen LogP contribution in [0.15, 0.2) is 42.5 Å². The number of carbonyl (C=O) groups is 2. The topological polar surface area (TPSA) is 67.4 Å². The van der Waals surface area contributed by atoms with Crippen molar-refractivity contribution in [1.29, 1.82) is 0 Å². The summed E-state index contributed by atoms with van der Waals surface area (Å²) >= 11 is 0. The van der Waals surface area contributed by atoms with Crippen molar-refractivity contribution < 1.29 is 14.3 Å². The Morgan fingerprint density at radius 3 is 2.29 bits per heavy atom. The maximum atomic E-state index is 12.3. The minimum atomic E-state index is -0.642. The largest absolute Gasteiger partial charge is 0.481 e. The van der Waals surface area contributed by atoms with Gasteiger partial charge in [0.05, 0.1) is 0 Å². The van der Waals surface area contributed by atoms with E-state index in [0.717, 1.165) is 16.8 Å². The van der Waals surface area contributed by atoms with Crippen molar-refractivity contribution in [2.75, 3.05) is 10.6 Å². The van der Waals surface area contributed by atoms with Crippen LogP contribution in [0.5, 0.6) is 5.75 Å². The number of hydrogen-bond acceptors (Lipinski definition) is 3. The zero-order valence-corrected chi connectivity index (χ0v) is 14.3. The summed E-state index contributed by atoms with van der Waals surface area (Å²) < 4.78 is 5.65. The standard InChI is InChI=1S/C19H22N2O3/c1-12-5-6-13(2)18(11-12)21-19(23)14(3)24-17-9-7-16(8-10-17)20-15(4)22/h5-11,14H,1-4H3,(H,20,22)(H,21,23)/t14-/m0/s1. The van der Waals surface area contributed by atoms with Gasteiger partial charge in [-0.05, 0) is 62.2 Å². The first-order valence-electron chi connectivity index (χ1n) is 7.77. The molecule has 2 rings (SSSR count). The SMILES string of the molecule is CC(=O)Nc1ccc(O[C@@H](C)C(=O)Nc2cc(C)ccc2C)cc1. The molecule has 2 amide bonds. The molecule has 0 bridgehead atoms. The molecule has 2 aromatic carbocycles. The number of anilines is 2. The Morgan fingerprint density at radius 1 is 1.00 bits per heavy atom. The van der Waals surface area contributed by atoms with Crippen LogP contribution >= 0.6 is 0 Å². The first-order valence-corrected chi connectivity index (χ1v) is 7.77. The molecule has 0 fully saturated rings. The first-order chi connectivity index (χ1) is 11.3. The Labute approximate surface area is 142 Å². The predicted molar refractivity (Wildman–Crippen MR) is 95.4 cm³/mol. The second-order valence-electron chi connectivity index (χ2n) is 5.77. The zero-order chi connectivity index (χ0) is 17.7. The number of benzene rings is 2. The molecule has 0 aliphatic rings. The van der Waals surface area contributed by atoms with Gasteiger partial charge in [0.2, 0.25) is 5.91 Å². The highest BCUT2D eigenvalue weighted by molar-refractivity contribution is 5.94. The molecular weight excluding hydrogens is 304 g/mol. The fraction of sp³-hybridized carbons (Fsp3) is 0.263. The minimum absolute atomic E-state index is 0.134. The Bertz CT molecular complexity index is 739. The fourth-order valence-corrected chi connectivity index (χ4v) is 2.18. The quantitative estimate of drug-likeness (QED) is 0.881. The molecule has 0 aromatic heterocycles. The molecule has 5 nitrogen and oxygen atoms in total. The molecule has 1 atom stereocenters. The molecule has 5 heteroatoms. The zero-order valence-electron chi connectivity index (χ0n) is 14.3. The molecule has 0 unspecified atom stereocenters. The van der Waals surface area contributed by atoms with Crippen molar-refractivity contribution in [3.63, 3.8) is 0 Å². The number of hydrogen-bond donors (Lipinski definition) is 2. The third kappa shape index (κ3) is 4.84. The molecule has 0 aliphatic carbocycles. The molecular formula is C19H22N2O3. The van der Waals surface area contributed by atoms with E-state index in [4.69, 9.17) is 4.74 Å². The number of amides is 2. The van der Waals surface area contributed by atoms with Gasteiger partial charge in [0.15, 0.2) is 6.10 Å². The maximum Gasteiger partial charge on any atom is 0.265 e. The normalized spacial score (nSPS) is 11.5. The van der Waals surface area contributed by atoms with Crippen LogP contribution in [0.3, 0.4) is 0 Å². The van der Waals surface area contributed by atoms with E-state index in [1.54, 1.807) is 31.2 Å². The van der Waals surface area contributed by atoms with Gasteiger partial charge in [0, 0.05) is 18.3 Å². The second kappa shape index (κ2) is 7.64. The predicted octanol–water partition coefficient (Wildman–Crippen LogP) is 3.67. The molecule has 0 radical (unpaired) electrons. The maximum absolute atomic E-state index is 12.3. The van der Waals surface area contributed by atoms with E-state index >= 15 is 0 Å². The van der Waals surface area contributed by atoms with E-state index in [1.165, 1.54) is 6.92 Å². The Balaban J connectivity index is 1.98. The number of rotatable bonds is 5. The Kier molecular flexibility index (Phi) is 5.58. The van der Waals surface area contributed by atoms with E-state index in [0.29, 0.717) is 11.4 Å². The second-order valence-corrected chi connectivity index (χ2v) is 5.77. The monoisotopic (exact) mass is 326 g/mol. The van der Waals surface area contributed by atoms with E-state index in [-0.39, 0.29) is 11.8 Å². The van der Waals surface area contributed by atoms with Gasteiger partial charge in [0.1, 0.15) is 5.75 Å². The molecule has 0 aliphatic heterocycles. The Morgan fingerprint density at radius 2 is 1.67 bits per heavy atom. The summed E-state index contributed by atoms with van der Waals surface area (Å²) in [5.74, 6) is 0.215. The van der Waals surface area contributed by atoms with Crippen LogP contribution in [0.2, 0.25) is 0 Å². The highest BCUT2D eigenvalue weighted by Gasteiger charge is 2.15. The number of aryl methyl sites for hydroxylation is 2. The highest BCUT2D eigenvalue weighted by atomic mass is 16.5. The number of ether oxygens (including phenoxy) is 1. The molecule has 0 spiro atoms. The fourth-order valence-electron chi connectivity index (χ4n) is 2.18. The molecule has 2 N–H and O–H groups in total. The van der Waals surface area contributed by atoms with Gasteiger partial charge in [-0.3, -0.25) is 9.59 Å². The summed E-state index contributed by atoms with van der Waals surface area (Å²) in [7, 11) is 0. The molecule has 126 valence electrons. The van der Waals surface area contributed by atoms with Crippen LogP contribution in [-0.2, 0) is 9.59 Å². The van der Waals surface area contributed by atoms with E-state index in [2.05, 4.69) is 10.6 Å². The average molecular weight is 326 g/mol. The van der Waals surface area contributed by atoms with Crippen LogP contribution in [0.4, 0.5) is 11.4 Å². The average Bonchev–Trinajstić information content (AvgIpc) is 2.52. The summed E-state index contributed by atoms with van der Waals surface area (Å²) in [6.07, 6.45) is -0.642. The van der Waals surface area contributed by atoms with Crippen molar-refractivity contribution >= 4 is 23.2 Å². The first kappa shape index (κ1) is 17.5. The molecule has 2 aromatic rings. The van der Waals surface area contributed by atoms with Crippen LogP contribution in [-0.4, -0.2) is 17.9 Å². The molecule has 24 heavy (non-hydrogen) atoms. The van der Waals surface area contributed by atoms with Gasteiger partial charge in [-0.15, -0.1) is 0 Å². The van der Waals surface area contributed by atoms with Crippen LogP contribution in [0.25, 0.3) is 0 Å². The lowest BCUT2D eigenvalue weighted by molar-refractivity contribution is -0.122. The van der Waals surface area contributed by atoms with Crippen molar-refractivity contribution in [2.45, 2.75) is 33.8 Å². The third-order valence-electron chi connectivity index (χ3n) is 3.51. The van der Waals surface area contributed by atoms with Gasteiger partial charge >= 0.3 is 0 Å². The van der Waals surface area contributed by atoms with E-state index < -0.39 is 6.10 Å². The summed E-state index contributed by atoms with van der Waals surface area (Å²) in [6, 6.07) is 12.8. The lowest BCUT2D eigenvalue weighted by Crippen LogP contribution is -2.30. The van der Waals surface area contributed by atoms with Crippen LogP contribution < -0.4 is 15.4 Å². The molecule has 0 saturated heterocycles. The van der Waals surface area contributed by atoms with Crippen LogP contribution in [0.1, 0.15) is 25.0 Å². The summed E-state index contributed by atoms with van der Waals surface area (Å²) in [5, 5.41) is 5.57. The molecule has 0 saturated carbocycles. The van der Waals surface area contributed by atoms with Gasteiger partial charge in [-0.25, -0.2) is 0 Å². The van der Waals surface area contributed by atoms with Gasteiger partial charge in [-0.1, -0.05) is 12.1 Å². The summed E-state index contributed by atoms with van der Waals surface area (Å²) in [4.78, 5) is 23.3. The van der Waals surface area contributed by atoms with Gasteiger partial charge < -0.3 is 15.4 Å².